The Labute approximate surface area is 162 Å². The highest BCUT2D eigenvalue weighted by atomic mass is 35.5. The van der Waals surface area contributed by atoms with Crippen molar-refractivity contribution in [2.24, 2.45) is 0 Å². The first-order valence-corrected chi connectivity index (χ1v) is 8.74. The van der Waals surface area contributed by atoms with Gasteiger partial charge in [-0.05, 0) is 36.8 Å². The van der Waals surface area contributed by atoms with Crippen LogP contribution < -0.4 is 15.4 Å². The predicted molar refractivity (Wildman–Crippen MR) is 106 cm³/mol. The number of benzene rings is 2. The molecule has 6 nitrogen and oxygen atoms in total. The number of methoxy groups -OCH3 is 1. The average molecular weight is 383 g/mol. The molecule has 0 spiro atoms. The number of nitrogens with zero attached hydrogens (tertiary/aromatic N) is 2. The lowest BCUT2D eigenvalue weighted by molar-refractivity contribution is 0.102. The van der Waals surface area contributed by atoms with E-state index in [2.05, 4.69) is 20.6 Å². The molecule has 1 unspecified atom stereocenters. The molecule has 0 radical (unpaired) electrons. The summed E-state index contributed by atoms with van der Waals surface area (Å²) in [6.07, 6.45) is 1.54. The molecule has 27 heavy (non-hydrogen) atoms. The quantitative estimate of drug-likeness (QED) is 0.653. The van der Waals surface area contributed by atoms with Crippen LogP contribution in [0.3, 0.4) is 0 Å². The van der Waals surface area contributed by atoms with Gasteiger partial charge in [0.2, 0.25) is 5.95 Å². The number of anilines is 2. The van der Waals surface area contributed by atoms with E-state index in [-0.39, 0.29) is 17.6 Å². The molecule has 0 fully saturated rings. The summed E-state index contributed by atoms with van der Waals surface area (Å²) >= 11 is 6.09. The van der Waals surface area contributed by atoms with Crippen LogP contribution in [0.5, 0.6) is 5.75 Å². The molecule has 1 atom stereocenters. The molecule has 1 aromatic heterocycles. The van der Waals surface area contributed by atoms with Crippen LogP contribution in [0, 0.1) is 0 Å². The van der Waals surface area contributed by atoms with E-state index >= 15 is 0 Å². The fraction of sp³-hybridized carbons (Fsp3) is 0.150. The zero-order valence-corrected chi connectivity index (χ0v) is 15.7. The molecule has 7 heteroatoms. The molecule has 0 bridgehead atoms. The molecular weight excluding hydrogens is 364 g/mol. The average Bonchev–Trinajstić information content (AvgIpc) is 2.69. The van der Waals surface area contributed by atoms with Gasteiger partial charge in [-0.25, -0.2) is 9.97 Å². The minimum atomic E-state index is -0.353. The van der Waals surface area contributed by atoms with Crippen molar-refractivity contribution in [3.63, 3.8) is 0 Å². The number of hydrogen-bond donors (Lipinski definition) is 2. The van der Waals surface area contributed by atoms with Crippen molar-refractivity contribution in [1.29, 1.82) is 0 Å². The minimum absolute atomic E-state index is 0.00454. The zero-order chi connectivity index (χ0) is 19.2. The minimum Gasteiger partial charge on any atom is -0.495 e. The molecule has 0 saturated heterocycles. The van der Waals surface area contributed by atoms with Crippen molar-refractivity contribution in [2.45, 2.75) is 13.0 Å². The largest absolute Gasteiger partial charge is 0.495 e. The summed E-state index contributed by atoms with van der Waals surface area (Å²) in [5, 5.41) is 6.38. The molecule has 2 N–H and O–H groups in total. The van der Waals surface area contributed by atoms with E-state index in [9.17, 15) is 4.79 Å². The van der Waals surface area contributed by atoms with Gasteiger partial charge in [0.25, 0.3) is 5.91 Å². The van der Waals surface area contributed by atoms with E-state index in [4.69, 9.17) is 16.3 Å². The fourth-order valence-electron chi connectivity index (χ4n) is 2.51. The summed E-state index contributed by atoms with van der Waals surface area (Å²) in [5.74, 6) is 0.568. The van der Waals surface area contributed by atoms with Crippen LogP contribution in [0.15, 0.2) is 60.8 Å². The van der Waals surface area contributed by atoms with Gasteiger partial charge in [0.1, 0.15) is 11.4 Å². The lowest BCUT2D eigenvalue weighted by atomic mass is 10.1. The third kappa shape index (κ3) is 4.74. The smallest absolute Gasteiger partial charge is 0.274 e. The maximum absolute atomic E-state index is 12.5. The van der Waals surface area contributed by atoms with Gasteiger partial charge in [-0.2, -0.15) is 0 Å². The highest BCUT2D eigenvalue weighted by Gasteiger charge is 2.12. The number of rotatable bonds is 6. The zero-order valence-electron chi connectivity index (χ0n) is 14.9. The van der Waals surface area contributed by atoms with Gasteiger partial charge < -0.3 is 15.4 Å². The summed E-state index contributed by atoms with van der Waals surface area (Å²) in [5.41, 5.74) is 1.90. The molecule has 3 rings (SSSR count). The number of halogens is 1. The van der Waals surface area contributed by atoms with E-state index in [1.54, 1.807) is 30.5 Å². The van der Waals surface area contributed by atoms with E-state index < -0.39 is 0 Å². The van der Waals surface area contributed by atoms with Crippen molar-refractivity contribution < 1.29 is 9.53 Å². The molecule has 0 aliphatic rings. The van der Waals surface area contributed by atoms with Crippen LogP contribution in [0.1, 0.15) is 29.0 Å². The van der Waals surface area contributed by atoms with E-state index in [1.807, 2.05) is 37.3 Å². The Kier molecular flexibility index (Phi) is 5.88. The second-order valence-corrected chi connectivity index (χ2v) is 6.25. The molecule has 0 aliphatic carbocycles. The van der Waals surface area contributed by atoms with Crippen molar-refractivity contribution in [3.05, 3.63) is 77.1 Å². The summed E-state index contributed by atoms with van der Waals surface area (Å²) in [6, 6.07) is 16.5. The van der Waals surface area contributed by atoms with Gasteiger partial charge in [-0.15, -0.1) is 0 Å². The third-order valence-electron chi connectivity index (χ3n) is 3.94. The van der Waals surface area contributed by atoms with Crippen molar-refractivity contribution in [2.75, 3.05) is 17.7 Å². The van der Waals surface area contributed by atoms with Crippen LogP contribution in [0.4, 0.5) is 11.6 Å². The molecule has 2 aromatic carbocycles. The first-order valence-electron chi connectivity index (χ1n) is 8.36. The maximum atomic E-state index is 12.5. The summed E-state index contributed by atoms with van der Waals surface area (Å²) in [4.78, 5) is 21.0. The second kappa shape index (κ2) is 8.51. The number of aromatic nitrogens is 2. The monoisotopic (exact) mass is 382 g/mol. The SMILES string of the molecule is COc1ccc(NC(=O)c2ccnc(NC(C)c3ccccc3)n2)cc1Cl. The lowest BCUT2D eigenvalue weighted by Gasteiger charge is -2.14. The lowest BCUT2D eigenvalue weighted by Crippen LogP contribution is -2.16. The summed E-state index contributed by atoms with van der Waals surface area (Å²) in [7, 11) is 1.53. The van der Waals surface area contributed by atoms with Gasteiger partial charge >= 0.3 is 0 Å². The van der Waals surface area contributed by atoms with Crippen molar-refractivity contribution in [3.8, 4) is 5.75 Å². The van der Waals surface area contributed by atoms with Gasteiger partial charge in [0, 0.05) is 11.9 Å². The van der Waals surface area contributed by atoms with E-state index in [0.29, 0.717) is 22.4 Å². The van der Waals surface area contributed by atoms with Gasteiger partial charge in [0.05, 0.1) is 18.2 Å². The van der Waals surface area contributed by atoms with E-state index in [1.165, 1.54) is 7.11 Å². The number of hydrogen-bond acceptors (Lipinski definition) is 5. The van der Waals surface area contributed by atoms with Gasteiger partial charge in [0.15, 0.2) is 0 Å². The van der Waals surface area contributed by atoms with E-state index in [0.717, 1.165) is 5.56 Å². The van der Waals surface area contributed by atoms with Crippen LogP contribution >= 0.6 is 11.6 Å². The van der Waals surface area contributed by atoms with Crippen LogP contribution in [0.2, 0.25) is 5.02 Å². The van der Waals surface area contributed by atoms with Crippen LogP contribution in [0.25, 0.3) is 0 Å². The Morgan fingerprint density at radius 2 is 1.93 bits per heavy atom. The number of carbonyl (C=O) groups excluding carboxylic acids is 1. The van der Waals surface area contributed by atoms with Crippen LogP contribution in [-0.4, -0.2) is 23.0 Å². The first kappa shape index (κ1) is 18.7. The number of amides is 1. The molecule has 1 amide bonds. The summed E-state index contributed by atoms with van der Waals surface area (Å²) < 4.78 is 5.11. The molecular formula is C20H19ClN4O2. The molecule has 1 heterocycles. The Balaban J connectivity index is 1.71. The standard InChI is InChI=1S/C20H19ClN4O2/c1-13(14-6-4-3-5-7-14)23-20-22-11-10-17(25-20)19(26)24-15-8-9-18(27-2)16(21)12-15/h3-13H,1-2H3,(H,24,26)(H,22,23,25). The Bertz CT molecular complexity index is 934. The Morgan fingerprint density at radius 3 is 2.63 bits per heavy atom. The number of carbonyl (C=O) groups is 1. The Morgan fingerprint density at radius 1 is 1.15 bits per heavy atom. The van der Waals surface area contributed by atoms with Gasteiger partial charge in [-0.1, -0.05) is 41.9 Å². The first-order chi connectivity index (χ1) is 13.1. The highest BCUT2D eigenvalue weighted by molar-refractivity contribution is 6.32. The predicted octanol–water partition coefficient (Wildman–Crippen LogP) is 4.56. The Hall–Kier alpha value is -3.12. The highest BCUT2D eigenvalue weighted by Crippen LogP contribution is 2.27. The maximum Gasteiger partial charge on any atom is 0.274 e. The molecule has 138 valence electrons. The van der Waals surface area contributed by atoms with Crippen molar-refractivity contribution >= 4 is 29.1 Å². The molecule has 0 aliphatic heterocycles. The van der Waals surface area contributed by atoms with Crippen LogP contribution in [-0.2, 0) is 0 Å². The summed E-state index contributed by atoms with van der Waals surface area (Å²) in [6.45, 7) is 2.00. The normalized spacial score (nSPS) is 11.5. The fourth-order valence-corrected chi connectivity index (χ4v) is 2.77. The molecule has 0 saturated carbocycles. The number of nitrogens with one attached hydrogen (secondary N) is 2. The topological polar surface area (TPSA) is 76.1 Å². The third-order valence-corrected chi connectivity index (χ3v) is 4.24. The van der Waals surface area contributed by atoms with Crippen molar-refractivity contribution in [1.82, 2.24) is 9.97 Å². The van der Waals surface area contributed by atoms with Gasteiger partial charge in [-0.3, -0.25) is 4.79 Å². The second-order valence-electron chi connectivity index (χ2n) is 5.85. The molecule has 3 aromatic rings. The number of ether oxygens (including phenoxy) is 1.